The first-order valence-corrected chi connectivity index (χ1v) is 8.20. The summed E-state index contributed by atoms with van der Waals surface area (Å²) < 4.78 is 14.9. The maximum Gasteiger partial charge on any atom is 0.323 e. The van der Waals surface area contributed by atoms with Crippen LogP contribution in [0.2, 0.25) is 0 Å². The van der Waals surface area contributed by atoms with Crippen molar-refractivity contribution in [3.63, 3.8) is 0 Å². The van der Waals surface area contributed by atoms with E-state index in [-0.39, 0.29) is 6.03 Å². The van der Waals surface area contributed by atoms with E-state index in [0.29, 0.717) is 36.0 Å². The lowest BCUT2D eigenvalue weighted by molar-refractivity contribution is 0.262. The Kier molecular flexibility index (Phi) is 4.34. The van der Waals surface area contributed by atoms with E-state index in [0.717, 1.165) is 0 Å². The van der Waals surface area contributed by atoms with E-state index in [2.05, 4.69) is 10.6 Å². The molecular formula is C19H18N4O3. The number of rotatable bonds is 6. The molecule has 4 heterocycles. The summed E-state index contributed by atoms with van der Waals surface area (Å²) in [7, 11) is 0. The number of urea groups is 1. The van der Waals surface area contributed by atoms with Gasteiger partial charge >= 0.3 is 6.03 Å². The average molecular weight is 350 g/mol. The molecule has 0 spiro atoms. The Hall–Kier alpha value is -3.61. The van der Waals surface area contributed by atoms with Crippen molar-refractivity contribution in [1.82, 2.24) is 9.13 Å². The van der Waals surface area contributed by atoms with E-state index in [9.17, 15) is 4.79 Å². The van der Waals surface area contributed by atoms with E-state index in [4.69, 9.17) is 8.83 Å². The Labute approximate surface area is 149 Å². The van der Waals surface area contributed by atoms with Gasteiger partial charge in [-0.3, -0.25) is 0 Å². The highest BCUT2D eigenvalue weighted by Gasteiger charge is 2.13. The molecular weight excluding hydrogens is 332 g/mol. The molecule has 0 radical (unpaired) electrons. The van der Waals surface area contributed by atoms with Crippen LogP contribution in [0.3, 0.4) is 0 Å². The topological polar surface area (TPSA) is 77.3 Å². The van der Waals surface area contributed by atoms with Crippen LogP contribution in [0.5, 0.6) is 0 Å². The summed E-state index contributed by atoms with van der Waals surface area (Å²) in [4.78, 5) is 12.4. The van der Waals surface area contributed by atoms with Crippen molar-refractivity contribution in [3.05, 3.63) is 85.2 Å². The lowest BCUT2D eigenvalue weighted by Gasteiger charge is -2.09. The maximum absolute atomic E-state index is 12.4. The molecule has 132 valence electrons. The van der Waals surface area contributed by atoms with Gasteiger partial charge in [0.05, 0.1) is 37.0 Å². The number of hydrogen-bond donors (Lipinski definition) is 2. The van der Waals surface area contributed by atoms with E-state index in [1.807, 2.05) is 58.2 Å². The molecule has 0 saturated heterocycles. The molecule has 0 bridgehead atoms. The smallest absolute Gasteiger partial charge is 0.323 e. The first kappa shape index (κ1) is 15.9. The zero-order chi connectivity index (χ0) is 17.8. The van der Waals surface area contributed by atoms with E-state index in [1.165, 1.54) is 0 Å². The Morgan fingerprint density at radius 2 is 1.19 bits per heavy atom. The summed E-state index contributed by atoms with van der Waals surface area (Å²) in [6, 6.07) is 10.9. The summed E-state index contributed by atoms with van der Waals surface area (Å²) in [5.41, 5.74) is 1.26. The third-order valence-electron chi connectivity index (χ3n) is 3.97. The fourth-order valence-corrected chi connectivity index (χ4v) is 2.71. The Balaban J connectivity index is 1.41. The second kappa shape index (κ2) is 7.10. The zero-order valence-corrected chi connectivity index (χ0v) is 14.0. The summed E-state index contributed by atoms with van der Waals surface area (Å²) in [5, 5.41) is 5.64. The zero-order valence-electron chi connectivity index (χ0n) is 14.0. The van der Waals surface area contributed by atoms with Gasteiger partial charge in [0, 0.05) is 36.9 Å². The van der Waals surface area contributed by atoms with Gasteiger partial charge in [-0.1, -0.05) is 0 Å². The van der Waals surface area contributed by atoms with Crippen LogP contribution in [0.4, 0.5) is 16.2 Å². The van der Waals surface area contributed by atoms with Gasteiger partial charge in [-0.25, -0.2) is 4.79 Å². The highest BCUT2D eigenvalue weighted by atomic mass is 16.3. The number of hydrogen-bond acceptors (Lipinski definition) is 3. The summed E-state index contributed by atoms with van der Waals surface area (Å²) in [6.07, 6.45) is 10.9. The summed E-state index contributed by atoms with van der Waals surface area (Å²) >= 11 is 0. The monoisotopic (exact) mass is 350 g/mol. The normalized spacial score (nSPS) is 10.8. The van der Waals surface area contributed by atoms with Gasteiger partial charge in [0.25, 0.3) is 0 Å². The van der Waals surface area contributed by atoms with Crippen molar-refractivity contribution < 1.29 is 13.6 Å². The van der Waals surface area contributed by atoms with Crippen molar-refractivity contribution in [2.75, 3.05) is 10.6 Å². The van der Waals surface area contributed by atoms with Crippen LogP contribution in [0.15, 0.2) is 82.5 Å². The molecule has 0 fully saturated rings. The van der Waals surface area contributed by atoms with Gasteiger partial charge in [-0.2, -0.15) is 0 Å². The molecule has 0 atom stereocenters. The van der Waals surface area contributed by atoms with Gasteiger partial charge in [-0.05, 0) is 24.3 Å². The minimum absolute atomic E-state index is 0.352. The van der Waals surface area contributed by atoms with E-state index in [1.54, 1.807) is 24.7 Å². The van der Waals surface area contributed by atoms with Gasteiger partial charge in [0.2, 0.25) is 0 Å². The second-order valence-electron chi connectivity index (χ2n) is 5.80. The number of furan rings is 2. The minimum atomic E-state index is -0.352. The maximum atomic E-state index is 12.4. The molecule has 0 aromatic carbocycles. The Bertz CT molecular complexity index is 886. The fraction of sp³-hybridized carbons (Fsp3) is 0.105. The molecule has 4 aromatic rings. The Morgan fingerprint density at radius 1 is 0.769 bits per heavy atom. The average Bonchev–Trinajstić information content (AvgIpc) is 3.40. The molecule has 0 aliphatic carbocycles. The molecule has 0 unspecified atom stereocenters. The molecule has 4 rings (SSSR count). The number of carbonyl (C=O) groups is 1. The standard InChI is InChI=1S/C19H18N4O3/c24-19(20-15-5-11-25-17(15)13-22-7-1-2-8-22)21-16-6-12-26-18(16)14-23-9-3-4-10-23/h1-12H,13-14H2,(H2,20,21,24). The first-order valence-electron chi connectivity index (χ1n) is 8.20. The first-order chi connectivity index (χ1) is 12.8. The van der Waals surface area contributed by atoms with Crippen molar-refractivity contribution >= 4 is 17.4 Å². The van der Waals surface area contributed by atoms with E-state index < -0.39 is 0 Å². The predicted molar refractivity (Wildman–Crippen MR) is 97.1 cm³/mol. The van der Waals surface area contributed by atoms with Gasteiger partial charge in [-0.15, -0.1) is 0 Å². The molecule has 0 aliphatic rings. The quantitative estimate of drug-likeness (QED) is 0.547. The van der Waals surface area contributed by atoms with Gasteiger partial charge in [0.1, 0.15) is 11.5 Å². The number of carbonyl (C=O) groups excluding carboxylic acids is 1. The molecule has 2 amide bonds. The Morgan fingerprint density at radius 3 is 1.62 bits per heavy atom. The van der Waals surface area contributed by atoms with Crippen LogP contribution in [-0.2, 0) is 13.1 Å². The summed E-state index contributed by atoms with van der Waals surface area (Å²) in [6.45, 7) is 1.08. The second-order valence-corrected chi connectivity index (χ2v) is 5.80. The number of amides is 2. The lowest BCUT2D eigenvalue weighted by Crippen LogP contribution is -2.20. The third-order valence-corrected chi connectivity index (χ3v) is 3.97. The molecule has 0 aliphatic heterocycles. The number of anilines is 2. The highest BCUT2D eigenvalue weighted by molar-refractivity contribution is 6.00. The van der Waals surface area contributed by atoms with Crippen LogP contribution in [0, 0.1) is 0 Å². The van der Waals surface area contributed by atoms with Crippen LogP contribution in [-0.4, -0.2) is 15.2 Å². The van der Waals surface area contributed by atoms with Gasteiger partial charge < -0.3 is 28.6 Å². The molecule has 4 aromatic heterocycles. The van der Waals surface area contributed by atoms with Crippen molar-refractivity contribution in [2.45, 2.75) is 13.1 Å². The van der Waals surface area contributed by atoms with Crippen molar-refractivity contribution in [1.29, 1.82) is 0 Å². The highest BCUT2D eigenvalue weighted by Crippen LogP contribution is 2.21. The minimum Gasteiger partial charge on any atom is -0.465 e. The van der Waals surface area contributed by atoms with Crippen molar-refractivity contribution in [2.24, 2.45) is 0 Å². The molecule has 7 nitrogen and oxygen atoms in total. The number of nitrogens with zero attached hydrogens (tertiary/aromatic N) is 2. The largest absolute Gasteiger partial charge is 0.465 e. The van der Waals surface area contributed by atoms with Crippen LogP contribution < -0.4 is 10.6 Å². The van der Waals surface area contributed by atoms with Crippen LogP contribution in [0.25, 0.3) is 0 Å². The van der Waals surface area contributed by atoms with E-state index >= 15 is 0 Å². The van der Waals surface area contributed by atoms with Gasteiger partial charge in [0.15, 0.2) is 0 Å². The molecule has 7 heteroatoms. The lowest BCUT2D eigenvalue weighted by atomic mass is 10.3. The van der Waals surface area contributed by atoms with Crippen molar-refractivity contribution in [3.8, 4) is 0 Å². The predicted octanol–water partition coefficient (Wildman–Crippen LogP) is 4.22. The molecule has 26 heavy (non-hydrogen) atoms. The SMILES string of the molecule is O=C(Nc1ccoc1Cn1cccc1)Nc1ccoc1Cn1cccc1. The summed E-state index contributed by atoms with van der Waals surface area (Å²) in [5.74, 6) is 1.35. The molecule has 0 saturated carbocycles. The molecule has 2 N–H and O–H groups in total. The van der Waals surface area contributed by atoms with Crippen LogP contribution in [0.1, 0.15) is 11.5 Å². The fourth-order valence-electron chi connectivity index (χ4n) is 2.71. The van der Waals surface area contributed by atoms with Crippen LogP contribution >= 0.6 is 0 Å². The number of aromatic nitrogens is 2. The number of nitrogens with one attached hydrogen (secondary N) is 2. The third kappa shape index (κ3) is 3.56.